The summed E-state index contributed by atoms with van der Waals surface area (Å²) in [5.74, 6) is 0.466. The summed E-state index contributed by atoms with van der Waals surface area (Å²) in [6.45, 7) is 0.518. The molecule has 0 aromatic heterocycles. The molecule has 3 nitrogen and oxygen atoms in total. The zero-order valence-corrected chi connectivity index (χ0v) is 6.44. The molecule has 0 bridgehead atoms. The lowest BCUT2D eigenvalue weighted by molar-refractivity contribution is 0.250. The highest BCUT2D eigenvalue weighted by molar-refractivity contribution is 5.37. The summed E-state index contributed by atoms with van der Waals surface area (Å²) in [6.07, 6.45) is 8.46. The third-order valence-corrected chi connectivity index (χ3v) is 1.88. The van der Waals surface area contributed by atoms with Crippen LogP contribution in [0.5, 0.6) is 0 Å². The third kappa shape index (κ3) is 0.993. The van der Waals surface area contributed by atoms with Crippen molar-refractivity contribution in [2.75, 3.05) is 6.54 Å². The molecular weight excluding hydrogens is 154 g/mol. The monoisotopic (exact) mass is 163 g/mol. The van der Waals surface area contributed by atoms with Crippen molar-refractivity contribution < 1.29 is 10.2 Å². The summed E-state index contributed by atoms with van der Waals surface area (Å²) in [5, 5.41) is 18.5. The lowest BCUT2D eigenvalue weighted by Crippen LogP contribution is -2.25. The molecule has 0 unspecified atom stereocenters. The van der Waals surface area contributed by atoms with Crippen molar-refractivity contribution >= 4 is 0 Å². The second-order valence-corrected chi connectivity index (χ2v) is 2.69. The number of rotatable bonds is 0. The summed E-state index contributed by atoms with van der Waals surface area (Å²) >= 11 is 0. The summed E-state index contributed by atoms with van der Waals surface area (Å²) < 4.78 is 0. The maximum Gasteiger partial charge on any atom is 0.191 e. The van der Waals surface area contributed by atoms with Crippen molar-refractivity contribution in [1.82, 2.24) is 4.90 Å². The first-order valence-corrected chi connectivity index (χ1v) is 3.73. The largest absolute Gasteiger partial charge is 0.508 e. The zero-order valence-electron chi connectivity index (χ0n) is 6.44. The van der Waals surface area contributed by atoms with E-state index in [1.165, 1.54) is 0 Å². The Morgan fingerprint density at radius 2 is 2.17 bits per heavy atom. The average molecular weight is 163 g/mol. The quantitative estimate of drug-likeness (QED) is 0.570. The van der Waals surface area contributed by atoms with E-state index in [0.29, 0.717) is 6.54 Å². The molecule has 0 aromatic rings. The molecule has 2 aliphatic heterocycles. The van der Waals surface area contributed by atoms with Crippen LogP contribution in [0.2, 0.25) is 0 Å². The van der Waals surface area contributed by atoms with Crippen LogP contribution >= 0.6 is 0 Å². The minimum absolute atomic E-state index is 0.215. The lowest BCUT2D eigenvalue weighted by Gasteiger charge is -2.27. The van der Waals surface area contributed by atoms with Crippen molar-refractivity contribution in [3.05, 3.63) is 47.7 Å². The van der Waals surface area contributed by atoms with Crippen LogP contribution in [0.25, 0.3) is 0 Å². The average Bonchev–Trinajstić information content (AvgIpc) is 2.04. The second kappa shape index (κ2) is 2.44. The van der Waals surface area contributed by atoms with Gasteiger partial charge in [0.2, 0.25) is 0 Å². The van der Waals surface area contributed by atoms with Crippen molar-refractivity contribution in [1.29, 1.82) is 0 Å². The highest BCUT2D eigenvalue weighted by atomic mass is 16.3. The molecule has 2 aliphatic rings. The van der Waals surface area contributed by atoms with E-state index in [1.54, 1.807) is 29.2 Å². The highest BCUT2D eigenvalue weighted by Gasteiger charge is 2.16. The molecule has 0 radical (unpaired) electrons. The fourth-order valence-corrected chi connectivity index (χ4v) is 1.27. The zero-order chi connectivity index (χ0) is 8.55. The van der Waals surface area contributed by atoms with Gasteiger partial charge in [0.1, 0.15) is 5.76 Å². The molecule has 62 valence electrons. The van der Waals surface area contributed by atoms with Crippen molar-refractivity contribution in [2.24, 2.45) is 0 Å². The molecule has 0 aliphatic carbocycles. The van der Waals surface area contributed by atoms with E-state index in [9.17, 15) is 5.11 Å². The van der Waals surface area contributed by atoms with E-state index in [4.69, 9.17) is 5.11 Å². The topological polar surface area (TPSA) is 43.7 Å². The van der Waals surface area contributed by atoms with Crippen molar-refractivity contribution in [2.45, 2.75) is 0 Å². The molecule has 2 rings (SSSR count). The van der Waals surface area contributed by atoms with Gasteiger partial charge in [0.15, 0.2) is 5.88 Å². The van der Waals surface area contributed by atoms with Gasteiger partial charge in [-0.2, -0.15) is 0 Å². The smallest absolute Gasteiger partial charge is 0.191 e. The van der Waals surface area contributed by atoms with Gasteiger partial charge in [-0.05, 0) is 18.2 Å². The van der Waals surface area contributed by atoms with E-state index in [0.717, 1.165) is 5.70 Å². The van der Waals surface area contributed by atoms with Crippen molar-refractivity contribution in [3.63, 3.8) is 0 Å². The third-order valence-electron chi connectivity index (χ3n) is 1.88. The predicted molar refractivity (Wildman–Crippen MR) is 45.4 cm³/mol. The van der Waals surface area contributed by atoms with Gasteiger partial charge in [-0.1, -0.05) is 6.08 Å². The first kappa shape index (κ1) is 7.03. The number of aliphatic hydroxyl groups is 2. The fraction of sp³-hybridized carbons (Fsp3) is 0.111. The van der Waals surface area contributed by atoms with Gasteiger partial charge in [0, 0.05) is 18.3 Å². The number of fused-ring (bicyclic) bond motifs is 1. The first-order valence-electron chi connectivity index (χ1n) is 3.73. The van der Waals surface area contributed by atoms with E-state index in [2.05, 4.69) is 0 Å². The SMILES string of the molecule is OC1=CCN2C(O)=CC=CC2=C1. The van der Waals surface area contributed by atoms with Crippen LogP contribution in [0, 0.1) is 0 Å². The van der Waals surface area contributed by atoms with Crippen LogP contribution < -0.4 is 0 Å². The van der Waals surface area contributed by atoms with Crippen LogP contribution in [-0.4, -0.2) is 21.7 Å². The Morgan fingerprint density at radius 1 is 1.33 bits per heavy atom. The fourth-order valence-electron chi connectivity index (χ4n) is 1.27. The molecule has 0 saturated carbocycles. The summed E-state index contributed by atoms with van der Waals surface area (Å²) in [5.41, 5.74) is 0.815. The van der Waals surface area contributed by atoms with E-state index in [-0.39, 0.29) is 11.6 Å². The van der Waals surface area contributed by atoms with Crippen molar-refractivity contribution in [3.8, 4) is 0 Å². The molecule has 0 saturated heterocycles. The first-order chi connectivity index (χ1) is 5.77. The molecule has 0 atom stereocenters. The number of nitrogens with zero attached hydrogens (tertiary/aromatic N) is 1. The Morgan fingerprint density at radius 3 is 3.00 bits per heavy atom. The molecule has 3 heteroatoms. The number of allylic oxidation sites excluding steroid dienone is 4. The Hall–Kier alpha value is -1.64. The maximum atomic E-state index is 9.37. The molecule has 0 amide bonds. The summed E-state index contributed by atoms with van der Waals surface area (Å²) in [6, 6.07) is 0. The molecule has 2 N–H and O–H groups in total. The van der Waals surface area contributed by atoms with Gasteiger partial charge < -0.3 is 15.1 Å². The molecule has 0 fully saturated rings. The minimum atomic E-state index is 0.215. The standard InChI is InChI=1S/C9H9NO2/c11-8-4-5-10-7(6-8)2-1-3-9(10)12/h1-4,6,11-12H,5H2. The van der Waals surface area contributed by atoms with Crippen LogP contribution in [0.3, 0.4) is 0 Å². The minimum Gasteiger partial charge on any atom is -0.508 e. The van der Waals surface area contributed by atoms with Gasteiger partial charge in [-0.15, -0.1) is 0 Å². The van der Waals surface area contributed by atoms with Gasteiger partial charge in [-0.3, -0.25) is 0 Å². The highest BCUT2D eigenvalue weighted by Crippen LogP contribution is 2.21. The summed E-state index contributed by atoms with van der Waals surface area (Å²) in [4.78, 5) is 1.71. The van der Waals surface area contributed by atoms with Crippen LogP contribution in [0.15, 0.2) is 47.7 Å². The van der Waals surface area contributed by atoms with Crippen LogP contribution in [0.4, 0.5) is 0 Å². The lowest BCUT2D eigenvalue weighted by atomic mass is 10.2. The normalized spacial score (nSPS) is 21.0. The number of hydrogen-bond acceptors (Lipinski definition) is 3. The summed E-state index contributed by atoms with van der Waals surface area (Å²) in [7, 11) is 0. The molecule has 12 heavy (non-hydrogen) atoms. The van der Waals surface area contributed by atoms with Gasteiger partial charge in [0.05, 0.1) is 0 Å². The molecule has 2 heterocycles. The van der Waals surface area contributed by atoms with Crippen LogP contribution in [-0.2, 0) is 0 Å². The Balaban J connectivity index is 2.37. The van der Waals surface area contributed by atoms with E-state index < -0.39 is 0 Å². The molecule has 0 aromatic carbocycles. The number of aliphatic hydroxyl groups excluding tert-OH is 2. The Bertz CT molecular complexity index is 323. The van der Waals surface area contributed by atoms with Gasteiger partial charge in [0.25, 0.3) is 0 Å². The van der Waals surface area contributed by atoms with Gasteiger partial charge >= 0.3 is 0 Å². The second-order valence-electron chi connectivity index (χ2n) is 2.69. The van der Waals surface area contributed by atoms with Crippen LogP contribution in [0.1, 0.15) is 0 Å². The number of hydrogen-bond donors (Lipinski definition) is 2. The van der Waals surface area contributed by atoms with Gasteiger partial charge in [-0.25, -0.2) is 0 Å². The van der Waals surface area contributed by atoms with E-state index in [1.807, 2.05) is 6.08 Å². The van der Waals surface area contributed by atoms with E-state index >= 15 is 0 Å². The Kier molecular flexibility index (Phi) is 1.43. The molecular formula is C9H9NO2. The molecule has 0 spiro atoms. The Labute approximate surface area is 70.2 Å². The maximum absolute atomic E-state index is 9.37. The predicted octanol–water partition coefficient (Wildman–Crippen LogP) is 1.60.